The molecule has 0 spiro atoms. The van der Waals surface area contributed by atoms with Gasteiger partial charge in [-0.2, -0.15) is 0 Å². The second kappa shape index (κ2) is 11.8. The Kier molecular flexibility index (Phi) is 10.2. The van der Waals surface area contributed by atoms with Crippen molar-refractivity contribution >= 4 is 29.7 Å². The Balaban J connectivity index is 0.00000364. The van der Waals surface area contributed by atoms with E-state index in [9.17, 15) is 4.79 Å². The van der Waals surface area contributed by atoms with Crippen molar-refractivity contribution in [2.75, 3.05) is 27.2 Å². The number of ether oxygens (including phenoxy) is 2. The van der Waals surface area contributed by atoms with Crippen molar-refractivity contribution in [2.24, 2.45) is 5.92 Å². The number of carbonyl (C=O) groups is 1. The van der Waals surface area contributed by atoms with E-state index in [1.54, 1.807) is 18.4 Å². The summed E-state index contributed by atoms with van der Waals surface area (Å²) in [6, 6.07) is 9.90. The third kappa shape index (κ3) is 6.72. The van der Waals surface area contributed by atoms with Gasteiger partial charge in [-0.15, -0.1) is 23.7 Å². The van der Waals surface area contributed by atoms with Gasteiger partial charge in [0.2, 0.25) is 5.91 Å². The molecule has 0 aliphatic carbocycles. The number of halogens is 1. The van der Waals surface area contributed by atoms with E-state index < -0.39 is 0 Å². The standard InChI is InChI=1S/C20H28N2O3S.ClH/c1-5-22(20(23)15(2)12-21-3)13-16-8-9-18(19(11-16)24-4)25-14-17-7-6-10-26-17;/h6-11,15,21H,5,12-14H2,1-4H3;1H. The maximum atomic E-state index is 12.6. The average molecular weight is 413 g/mol. The number of hydrogen-bond acceptors (Lipinski definition) is 5. The van der Waals surface area contributed by atoms with Gasteiger partial charge < -0.3 is 19.7 Å². The third-order valence-electron chi connectivity index (χ3n) is 4.18. The fourth-order valence-corrected chi connectivity index (χ4v) is 3.36. The first-order valence-electron chi connectivity index (χ1n) is 8.84. The summed E-state index contributed by atoms with van der Waals surface area (Å²) in [6.07, 6.45) is 0. The average Bonchev–Trinajstić information content (AvgIpc) is 3.18. The zero-order valence-electron chi connectivity index (χ0n) is 16.4. The summed E-state index contributed by atoms with van der Waals surface area (Å²) >= 11 is 1.66. The lowest BCUT2D eigenvalue weighted by Gasteiger charge is -2.25. The van der Waals surface area contributed by atoms with Crippen LogP contribution in [0.1, 0.15) is 24.3 Å². The summed E-state index contributed by atoms with van der Waals surface area (Å²) in [4.78, 5) is 15.6. The molecule has 1 N–H and O–H groups in total. The van der Waals surface area contributed by atoms with E-state index in [2.05, 4.69) is 5.32 Å². The van der Waals surface area contributed by atoms with Crippen molar-refractivity contribution in [3.05, 3.63) is 46.2 Å². The number of benzene rings is 1. The Morgan fingerprint density at radius 3 is 2.67 bits per heavy atom. The first-order chi connectivity index (χ1) is 12.6. The SMILES string of the molecule is CCN(Cc1ccc(OCc2cccs2)c(OC)c1)C(=O)C(C)CNC.Cl. The van der Waals surface area contributed by atoms with Gasteiger partial charge in [0, 0.05) is 30.4 Å². The van der Waals surface area contributed by atoms with Gasteiger partial charge in [0.05, 0.1) is 7.11 Å². The fraction of sp³-hybridized carbons (Fsp3) is 0.450. The molecule has 5 nitrogen and oxygen atoms in total. The van der Waals surface area contributed by atoms with Gasteiger partial charge in [0.1, 0.15) is 6.61 Å². The van der Waals surface area contributed by atoms with Crippen LogP contribution in [0.4, 0.5) is 0 Å². The molecular formula is C20H29ClN2O3S. The molecule has 0 aliphatic heterocycles. The summed E-state index contributed by atoms with van der Waals surface area (Å²) in [5.74, 6) is 1.50. The predicted octanol–water partition coefficient (Wildman–Crippen LogP) is 3.96. The fourth-order valence-electron chi connectivity index (χ4n) is 2.74. The van der Waals surface area contributed by atoms with E-state index in [0.29, 0.717) is 37.7 Å². The molecular weight excluding hydrogens is 384 g/mol. The monoisotopic (exact) mass is 412 g/mol. The maximum absolute atomic E-state index is 12.6. The first-order valence-corrected chi connectivity index (χ1v) is 9.72. The molecule has 2 aromatic rings. The van der Waals surface area contributed by atoms with Gasteiger partial charge in [-0.25, -0.2) is 0 Å². The minimum atomic E-state index is -0.0461. The predicted molar refractivity (Wildman–Crippen MR) is 113 cm³/mol. The molecule has 0 saturated carbocycles. The van der Waals surface area contributed by atoms with Gasteiger partial charge in [-0.3, -0.25) is 4.79 Å². The van der Waals surface area contributed by atoms with Gasteiger partial charge in [-0.1, -0.05) is 19.1 Å². The van der Waals surface area contributed by atoms with Crippen LogP contribution >= 0.6 is 23.7 Å². The second-order valence-corrected chi connectivity index (χ2v) is 7.20. The van der Waals surface area contributed by atoms with Crippen LogP contribution in [0.5, 0.6) is 11.5 Å². The van der Waals surface area contributed by atoms with Gasteiger partial charge in [0.15, 0.2) is 11.5 Å². The Hall–Kier alpha value is -1.76. The second-order valence-electron chi connectivity index (χ2n) is 6.16. The van der Waals surface area contributed by atoms with Crippen LogP contribution in [0.3, 0.4) is 0 Å². The number of nitrogens with zero attached hydrogens (tertiary/aromatic N) is 1. The molecule has 0 aliphatic rings. The highest BCUT2D eigenvalue weighted by Crippen LogP contribution is 2.30. The van der Waals surface area contributed by atoms with Gasteiger partial charge >= 0.3 is 0 Å². The van der Waals surface area contributed by atoms with Gasteiger partial charge in [-0.05, 0) is 43.1 Å². The quantitative estimate of drug-likeness (QED) is 0.641. The Morgan fingerprint density at radius 2 is 2.07 bits per heavy atom. The van der Waals surface area contributed by atoms with Crippen LogP contribution in [0, 0.1) is 5.92 Å². The number of methoxy groups -OCH3 is 1. The number of rotatable bonds is 10. The molecule has 0 fully saturated rings. The minimum absolute atomic E-state index is 0. The molecule has 0 radical (unpaired) electrons. The molecule has 0 bridgehead atoms. The van der Waals surface area contributed by atoms with Crippen LogP contribution in [0.2, 0.25) is 0 Å². The smallest absolute Gasteiger partial charge is 0.226 e. The van der Waals surface area contributed by atoms with Crippen molar-refractivity contribution in [1.82, 2.24) is 10.2 Å². The molecule has 27 heavy (non-hydrogen) atoms. The van der Waals surface area contributed by atoms with E-state index in [1.165, 1.54) is 0 Å². The Labute approximate surface area is 172 Å². The van der Waals surface area contributed by atoms with Crippen LogP contribution in [0.25, 0.3) is 0 Å². The molecule has 1 unspecified atom stereocenters. The third-order valence-corrected chi connectivity index (χ3v) is 5.03. The lowest BCUT2D eigenvalue weighted by atomic mass is 10.1. The summed E-state index contributed by atoms with van der Waals surface area (Å²) in [6.45, 7) is 6.38. The molecule has 150 valence electrons. The summed E-state index contributed by atoms with van der Waals surface area (Å²) < 4.78 is 11.4. The highest BCUT2D eigenvalue weighted by molar-refractivity contribution is 7.09. The lowest BCUT2D eigenvalue weighted by Crippen LogP contribution is -2.38. The van der Waals surface area contributed by atoms with Gasteiger partial charge in [0.25, 0.3) is 0 Å². The Morgan fingerprint density at radius 1 is 1.30 bits per heavy atom. The Bertz CT molecular complexity index is 695. The first kappa shape index (κ1) is 23.3. The van der Waals surface area contributed by atoms with Crippen LogP contribution < -0.4 is 14.8 Å². The molecule has 7 heteroatoms. The normalized spacial score (nSPS) is 11.4. The zero-order valence-corrected chi connectivity index (χ0v) is 18.0. The molecule has 1 heterocycles. The van der Waals surface area contributed by atoms with Crippen molar-refractivity contribution < 1.29 is 14.3 Å². The summed E-state index contributed by atoms with van der Waals surface area (Å²) in [5.41, 5.74) is 1.03. The van der Waals surface area contributed by atoms with Crippen molar-refractivity contribution in [1.29, 1.82) is 0 Å². The maximum Gasteiger partial charge on any atom is 0.226 e. The molecule has 1 amide bonds. The van der Waals surface area contributed by atoms with Crippen LogP contribution in [0.15, 0.2) is 35.7 Å². The highest BCUT2D eigenvalue weighted by Gasteiger charge is 2.19. The van der Waals surface area contributed by atoms with Crippen LogP contribution in [-0.2, 0) is 17.9 Å². The number of amides is 1. The topological polar surface area (TPSA) is 50.8 Å². The molecule has 1 aromatic carbocycles. The molecule has 0 saturated heterocycles. The summed E-state index contributed by atoms with van der Waals surface area (Å²) in [5, 5.41) is 5.09. The van der Waals surface area contributed by atoms with Crippen molar-refractivity contribution in [2.45, 2.75) is 27.0 Å². The van der Waals surface area contributed by atoms with Crippen molar-refractivity contribution in [3.8, 4) is 11.5 Å². The highest BCUT2D eigenvalue weighted by atomic mass is 35.5. The number of hydrogen-bond donors (Lipinski definition) is 1. The molecule has 2 rings (SSSR count). The van der Waals surface area contributed by atoms with E-state index in [0.717, 1.165) is 10.4 Å². The molecule has 1 aromatic heterocycles. The van der Waals surface area contributed by atoms with E-state index in [-0.39, 0.29) is 24.2 Å². The van der Waals surface area contributed by atoms with E-state index in [1.807, 2.05) is 61.5 Å². The number of carbonyl (C=O) groups excluding carboxylic acids is 1. The minimum Gasteiger partial charge on any atom is -0.493 e. The molecule has 1 atom stereocenters. The number of thiophene rings is 1. The van der Waals surface area contributed by atoms with E-state index in [4.69, 9.17) is 9.47 Å². The number of nitrogens with one attached hydrogen (secondary N) is 1. The van der Waals surface area contributed by atoms with E-state index >= 15 is 0 Å². The van der Waals surface area contributed by atoms with Crippen molar-refractivity contribution in [3.63, 3.8) is 0 Å². The zero-order chi connectivity index (χ0) is 18.9. The summed E-state index contributed by atoms with van der Waals surface area (Å²) in [7, 11) is 3.49. The lowest BCUT2D eigenvalue weighted by molar-refractivity contribution is -0.135. The largest absolute Gasteiger partial charge is 0.493 e. The van der Waals surface area contributed by atoms with Crippen LogP contribution in [-0.4, -0.2) is 38.1 Å².